The predicted molar refractivity (Wildman–Crippen MR) is 104 cm³/mol. The number of alkyl halides is 2. The van der Waals surface area contributed by atoms with Crippen LogP contribution in [-0.4, -0.2) is 42.4 Å². The van der Waals surface area contributed by atoms with E-state index >= 15 is 0 Å². The van der Waals surface area contributed by atoms with Crippen LogP contribution in [0.5, 0.6) is 0 Å². The van der Waals surface area contributed by atoms with Gasteiger partial charge in [0.25, 0.3) is 12.3 Å². The maximum absolute atomic E-state index is 14.2. The molecule has 170 valence electrons. The molecule has 1 atom stereocenters. The monoisotopic (exact) mass is 459 g/mol. The number of amides is 1. The number of aromatic nitrogens is 4. The van der Waals surface area contributed by atoms with Crippen molar-refractivity contribution < 1.29 is 31.9 Å². The third-order valence-corrected chi connectivity index (χ3v) is 5.98. The van der Waals surface area contributed by atoms with Crippen LogP contribution in [0.4, 0.5) is 13.2 Å². The molecule has 2 aliphatic rings. The molecule has 1 aliphatic carbocycles. The lowest BCUT2D eigenvalue weighted by molar-refractivity contribution is 0.0605. The van der Waals surface area contributed by atoms with Crippen molar-refractivity contribution in [1.29, 1.82) is 0 Å². The lowest BCUT2D eigenvalue weighted by Crippen LogP contribution is -2.41. The van der Waals surface area contributed by atoms with Gasteiger partial charge in [0.2, 0.25) is 17.5 Å². The summed E-state index contributed by atoms with van der Waals surface area (Å²) in [6.45, 7) is 0.100. The third kappa shape index (κ3) is 3.04. The topological polar surface area (TPSA) is 121 Å². The predicted octanol–water partition coefficient (Wildman–Crippen LogP) is 3.38. The van der Waals surface area contributed by atoms with Crippen LogP contribution in [0.1, 0.15) is 64.7 Å². The molecule has 0 radical (unpaired) electrons. The Labute approximate surface area is 183 Å². The first kappa shape index (κ1) is 20.0. The standard InChI is InChI=1S/C21H16F3N5O4/c22-9-2-1-3-11-12(9)27-18(32-11)15-13-10(25-8-26-13)4-7-29(15)19(30)16-14(17(23)24)28-20(33-16)21(31)5-6-21/h1-3,8,15,17,31H,4-7H2,(H,25,26)/t15-/m0/s1. The van der Waals surface area contributed by atoms with Crippen molar-refractivity contribution in [2.24, 2.45) is 0 Å². The molecule has 33 heavy (non-hydrogen) atoms. The maximum atomic E-state index is 14.2. The van der Waals surface area contributed by atoms with Crippen molar-refractivity contribution in [1.82, 2.24) is 24.8 Å². The second kappa shape index (κ2) is 6.91. The van der Waals surface area contributed by atoms with E-state index in [1.807, 2.05) is 0 Å². The molecule has 0 spiro atoms. The van der Waals surface area contributed by atoms with E-state index in [9.17, 15) is 23.1 Å². The molecule has 1 aromatic carbocycles. The molecule has 1 amide bonds. The Hall–Kier alpha value is -3.67. The second-order valence-electron chi connectivity index (χ2n) is 8.12. The molecule has 0 saturated heterocycles. The number of fused-ring (bicyclic) bond motifs is 2. The van der Waals surface area contributed by atoms with Gasteiger partial charge in [0.15, 0.2) is 23.1 Å². The Kier molecular flexibility index (Phi) is 4.18. The molecule has 9 nitrogen and oxygen atoms in total. The number of aromatic amines is 1. The van der Waals surface area contributed by atoms with Gasteiger partial charge in [-0.25, -0.2) is 28.1 Å². The van der Waals surface area contributed by atoms with Gasteiger partial charge >= 0.3 is 0 Å². The van der Waals surface area contributed by atoms with Crippen molar-refractivity contribution in [2.45, 2.75) is 37.3 Å². The Bertz CT molecular complexity index is 1390. The van der Waals surface area contributed by atoms with E-state index in [0.717, 1.165) is 0 Å². The van der Waals surface area contributed by atoms with Gasteiger partial charge in [-0.2, -0.15) is 0 Å². The largest absolute Gasteiger partial charge is 0.438 e. The Morgan fingerprint density at radius 2 is 2.09 bits per heavy atom. The van der Waals surface area contributed by atoms with Crippen LogP contribution in [0, 0.1) is 5.82 Å². The minimum Gasteiger partial charge on any atom is -0.438 e. The summed E-state index contributed by atoms with van der Waals surface area (Å²) >= 11 is 0. The highest BCUT2D eigenvalue weighted by molar-refractivity contribution is 5.93. The van der Waals surface area contributed by atoms with Gasteiger partial charge in [-0.15, -0.1) is 0 Å². The number of benzene rings is 1. The zero-order valence-corrected chi connectivity index (χ0v) is 16.9. The number of imidazole rings is 1. The van der Waals surface area contributed by atoms with Crippen molar-refractivity contribution in [3.8, 4) is 0 Å². The number of hydrogen-bond donors (Lipinski definition) is 2. The van der Waals surface area contributed by atoms with Gasteiger partial charge in [-0.3, -0.25) is 4.79 Å². The Morgan fingerprint density at radius 1 is 1.27 bits per heavy atom. The number of carbonyl (C=O) groups excluding carboxylic acids is 1. The minimum absolute atomic E-state index is 0.0179. The number of para-hydroxylation sites is 1. The number of oxazole rings is 2. The lowest BCUT2D eigenvalue weighted by Gasteiger charge is -2.32. The van der Waals surface area contributed by atoms with E-state index in [2.05, 4.69) is 19.9 Å². The Balaban J connectivity index is 1.46. The van der Waals surface area contributed by atoms with E-state index in [4.69, 9.17) is 8.83 Å². The van der Waals surface area contributed by atoms with Crippen molar-refractivity contribution in [3.63, 3.8) is 0 Å². The van der Waals surface area contributed by atoms with Crippen LogP contribution < -0.4 is 0 Å². The van der Waals surface area contributed by atoms with Crippen LogP contribution in [0.3, 0.4) is 0 Å². The summed E-state index contributed by atoms with van der Waals surface area (Å²) in [4.78, 5) is 29.9. The summed E-state index contributed by atoms with van der Waals surface area (Å²) in [6, 6.07) is 3.21. The molecular weight excluding hydrogens is 443 g/mol. The number of halogens is 3. The molecule has 3 aromatic heterocycles. The first-order chi connectivity index (χ1) is 15.9. The molecule has 12 heteroatoms. The molecule has 4 aromatic rings. The average Bonchev–Trinajstić information content (AvgIpc) is 3.24. The van der Waals surface area contributed by atoms with Crippen molar-refractivity contribution in [2.75, 3.05) is 6.54 Å². The highest BCUT2D eigenvalue weighted by atomic mass is 19.3. The molecule has 0 unspecified atom stereocenters. The molecule has 1 fully saturated rings. The van der Waals surface area contributed by atoms with Gasteiger partial charge < -0.3 is 23.8 Å². The molecule has 1 saturated carbocycles. The van der Waals surface area contributed by atoms with Gasteiger partial charge in [0, 0.05) is 18.7 Å². The van der Waals surface area contributed by atoms with E-state index in [-0.39, 0.29) is 29.4 Å². The highest BCUT2D eigenvalue weighted by Crippen LogP contribution is 2.46. The second-order valence-corrected chi connectivity index (χ2v) is 8.12. The first-order valence-corrected chi connectivity index (χ1v) is 10.3. The number of aliphatic hydroxyl groups is 1. The number of hydrogen-bond acceptors (Lipinski definition) is 7. The molecular formula is C21H16F3N5O4. The minimum atomic E-state index is -3.09. The van der Waals surface area contributed by atoms with E-state index in [1.165, 1.54) is 29.4 Å². The number of nitrogens with zero attached hydrogens (tertiary/aromatic N) is 4. The summed E-state index contributed by atoms with van der Waals surface area (Å²) in [6.07, 6.45) is -0.676. The van der Waals surface area contributed by atoms with E-state index in [0.29, 0.717) is 30.7 Å². The molecule has 4 heterocycles. The van der Waals surface area contributed by atoms with Crippen LogP contribution >= 0.6 is 0 Å². The molecule has 2 N–H and O–H groups in total. The van der Waals surface area contributed by atoms with Gasteiger partial charge in [-0.1, -0.05) is 6.07 Å². The van der Waals surface area contributed by atoms with Crippen LogP contribution in [0.15, 0.2) is 33.4 Å². The summed E-state index contributed by atoms with van der Waals surface area (Å²) in [5, 5.41) is 10.3. The SMILES string of the molecule is O=C(c1oc(C2(O)CC2)nc1C(F)F)N1CCc2[nH]cnc2[C@H]1c1nc2c(F)cccc2o1. The summed E-state index contributed by atoms with van der Waals surface area (Å²) < 4.78 is 52.8. The fourth-order valence-electron chi connectivity index (χ4n) is 4.09. The third-order valence-electron chi connectivity index (χ3n) is 5.98. The fraction of sp³-hybridized carbons (Fsp3) is 0.333. The quantitative estimate of drug-likeness (QED) is 0.480. The van der Waals surface area contributed by atoms with Crippen molar-refractivity contribution >= 4 is 17.0 Å². The summed E-state index contributed by atoms with van der Waals surface area (Å²) in [5.74, 6) is -2.47. The van der Waals surface area contributed by atoms with Gasteiger partial charge in [0.1, 0.15) is 11.1 Å². The van der Waals surface area contributed by atoms with Gasteiger partial charge in [0.05, 0.1) is 12.0 Å². The number of nitrogens with one attached hydrogen (secondary N) is 1. The average molecular weight is 459 g/mol. The van der Waals surface area contributed by atoms with Crippen molar-refractivity contribution in [3.05, 3.63) is 65.0 Å². The first-order valence-electron chi connectivity index (χ1n) is 10.3. The van der Waals surface area contributed by atoms with E-state index < -0.39 is 41.2 Å². The molecule has 0 bridgehead atoms. The fourth-order valence-corrected chi connectivity index (χ4v) is 4.09. The summed E-state index contributed by atoms with van der Waals surface area (Å²) in [5.41, 5.74) is -1.01. The molecule has 1 aliphatic heterocycles. The number of carbonyl (C=O) groups is 1. The highest BCUT2D eigenvalue weighted by Gasteiger charge is 2.49. The summed E-state index contributed by atoms with van der Waals surface area (Å²) in [7, 11) is 0. The van der Waals surface area contributed by atoms with Crippen LogP contribution in [-0.2, 0) is 12.0 Å². The smallest absolute Gasteiger partial charge is 0.292 e. The zero-order valence-electron chi connectivity index (χ0n) is 16.9. The normalized spacial score (nSPS) is 19.3. The van der Waals surface area contributed by atoms with Gasteiger partial charge in [-0.05, 0) is 25.0 Å². The van der Waals surface area contributed by atoms with Crippen LogP contribution in [0.25, 0.3) is 11.1 Å². The van der Waals surface area contributed by atoms with Crippen LogP contribution in [0.2, 0.25) is 0 Å². The Morgan fingerprint density at radius 3 is 2.82 bits per heavy atom. The number of rotatable bonds is 4. The lowest BCUT2D eigenvalue weighted by atomic mass is 10.0. The maximum Gasteiger partial charge on any atom is 0.292 e. The zero-order chi connectivity index (χ0) is 22.9. The van der Waals surface area contributed by atoms with E-state index in [1.54, 1.807) is 0 Å². The number of H-pyrrole nitrogens is 1. The molecule has 6 rings (SSSR count).